The Hall–Kier alpha value is -0.770. The van der Waals surface area contributed by atoms with Crippen molar-refractivity contribution in [2.24, 2.45) is 0 Å². The number of hydrogen-bond donors (Lipinski definition) is 1. The molecule has 0 aliphatic heterocycles. The highest BCUT2D eigenvalue weighted by Gasteiger charge is 2.00. The van der Waals surface area contributed by atoms with E-state index in [0.717, 1.165) is 55.5 Å². The molecule has 1 aromatic rings. The van der Waals surface area contributed by atoms with Crippen molar-refractivity contribution in [3.63, 3.8) is 0 Å². The van der Waals surface area contributed by atoms with Crippen LogP contribution in [0.1, 0.15) is 18.4 Å². The van der Waals surface area contributed by atoms with Crippen LogP contribution in [-0.2, 0) is 4.74 Å². The van der Waals surface area contributed by atoms with Gasteiger partial charge in [-0.3, -0.25) is 0 Å². The molecular formula is C14H23ClNO2+. The Bertz CT molecular complexity index is 345. The highest BCUT2D eigenvalue weighted by atomic mass is 35.5. The molecule has 0 unspecified atom stereocenters. The maximum absolute atomic E-state index is 5.89. The van der Waals surface area contributed by atoms with E-state index in [0.29, 0.717) is 0 Å². The van der Waals surface area contributed by atoms with E-state index < -0.39 is 0 Å². The number of quaternary nitrogens is 1. The van der Waals surface area contributed by atoms with Crippen LogP contribution in [0.3, 0.4) is 0 Å². The van der Waals surface area contributed by atoms with Crippen LogP contribution in [0.2, 0.25) is 5.02 Å². The molecule has 0 fully saturated rings. The standard InChI is InChI=1S/C14H22ClNO2/c1-12-11-13(15)5-6-14(12)18-10-4-8-16-7-3-9-17-2/h5-6,11,16H,3-4,7-10H2,1-2H3/p+1. The smallest absolute Gasteiger partial charge is 0.122 e. The molecule has 18 heavy (non-hydrogen) atoms. The Kier molecular flexibility index (Phi) is 7.81. The minimum absolute atomic E-state index is 0.753. The average molecular weight is 273 g/mol. The van der Waals surface area contributed by atoms with Crippen LogP contribution in [0, 0.1) is 6.92 Å². The first kappa shape index (κ1) is 15.3. The van der Waals surface area contributed by atoms with Crippen molar-refractivity contribution in [1.29, 1.82) is 0 Å². The molecule has 0 aliphatic rings. The molecule has 0 bridgehead atoms. The molecule has 2 N–H and O–H groups in total. The maximum atomic E-state index is 5.89. The van der Waals surface area contributed by atoms with Crippen LogP contribution in [0.5, 0.6) is 5.75 Å². The van der Waals surface area contributed by atoms with E-state index in [1.807, 2.05) is 25.1 Å². The normalized spacial score (nSPS) is 10.6. The van der Waals surface area contributed by atoms with Crippen molar-refractivity contribution in [1.82, 2.24) is 0 Å². The zero-order valence-corrected chi connectivity index (χ0v) is 12.0. The van der Waals surface area contributed by atoms with E-state index in [4.69, 9.17) is 21.1 Å². The molecule has 3 nitrogen and oxygen atoms in total. The second-order valence-corrected chi connectivity index (χ2v) is 4.76. The first-order chi connectivity index (χ1) is 8.74. The summed E-state index contributed by atoms with van der Waals surface area (Å²) in [5.41, 5.74) is 1.09. The molecule has 0 saturated carbocycles. The first-order valence-electron chi connectivity index (χ1n) is 6.43. The molecule has 1 aromatic carbocycles. The quantitative estimate of drug-likeness (QED) is 0.698. The van der Waals surface area contributed by atoms with Gasteiger partial charge in [0.1, 0.15) is 5.75 Å². The van der Waals surface area contributed by atoms with E-state index in [2.05, 4.69) is 5.32 Å². The third-order valence-electron chi connectivity index (χ3n) is 2.70. The van der Waals surface area contributed by atoms with Gasteiger partial charge in [-0.25, -0.2) is 0 Å². The summed E-state index contributed by atoms with van der Waals surface area (Å²) in [6.07, 6.45) is 2.16. The van der Waals surface area contributed by atoms with Crippen molar-refractivity contribution < 1.29 is 14.8 Å². The summed E-state index contributed by atoms with van der Waals surface area (Å²) >= 11 is 5.89. The fourth-order valence-corrected chi connectivity index (χ4v) is 1.93. The number of ether oxygens (including phenoxy) is 2. The molecule has 0 saturated heterocycles. The fourth-order valence-electron chi connectivity index (χ4n) is 1.70. The second kappa shape index (κ2) is 9.20. The summed E-state index contributed by atoms with van der Waals surface area (Å²) in [5, 5.41) is 3.06. The highest BCUT2D eigenvalue weighted by Crippen LogP contribution is 2.21. The van der Waals surface area contributed by atoms with Crippen LogP contribution in [0.25, 0.3) is 0 Å². The van der Waals surface area contributed by atoms with Crippen LogP contribution in [0.15, 0.2) is 18.2 Å². The lowest BCUT2D eigenvalue weighted by molar-refractivity contribution is -0.655. The molecule has 0 heterocycles. The van der Waals surface area contributed by atoms with Crippen molar-refractivity contribution >= 4 is 11.6 Å². The largest absolute Gasteiger partial charge is 0.493 e. The topological polar surface area (TPSA) is 35.1 Å². The molecule has 0 aromatic heterocycles. The number of rotatable bonds is 9. The zero-order chi connectivity index (χ0) is 13.2. The summed E-state index contributed by atoms with van der Waals surface area (Å²) < 4.78 is 10.7. The van der Waals surface area contributed by atoms with Crippen LogP contribution < -0.4 is 10.1 Å². The summed E-state index contributed by atoms with van der Waals surface area (Å²) in [6.45, 7) is 5.82. The summed E-state index contributed by atoms with van der Waals surface area (Å²) in [5.74, 6) is 0.929. The Balaban J connectivity index is 2.07. The number of benzene rings is 1. The molecule has 1 rings (SSSR count). The molecule has 4 heteroatoms. The van der Waals surface area contributed by atoms with Crippen molar-refractivity contribution in [3.05, 3.63) is 28.8 Å². The molecule has 0 amide bonds. The predicted molar refractivity (Wildman–Crippen MR) is 74.5 cm³/mol. The third kappa shape index (κ3) is 6.24. The van der Waals surface area contributed by atoms with Gasteiger partial charge >= 0.3 is 0 Å². The highest BCUT2D eigenvalue weighted by molar-refractivity contribution is 6.30. The van der Waals surface area contributed by atoms with Gasteiger partial charge in [-0.2, -0.15) is 0 Å². The lowest BCUT2D eigenvalue weighted by Crippen LogP contribution is -2.84. The van der Waals surface area contributed by atoms with Crippen molar-refractivity contribution in [2.75, 3.05) is 33.4 Å². The lowest BCUT2D eigenvalue weighted by Gasteiger charge is -2.08. The van der Waals surface area contributed by atoms with E-state index >= 15 is 0 Å². The number of methoxy groups -OCH3 is 1. The summed E-state index contributed by atoms with van der Waals surface area (Å²) in [4.78, 5) is 0. The molecule has 102 valence electrons. The molecule has 0 radical (unpaired) electrons. The van der Waals surface area contributed by atoms with Crippen molar-refractivity contribution in [3.8, 4) is 5.75 Å². The maximum Gasteiger partial charge on any atom is 0.122 e. The monoisotopic (exact) mass is 272 g/mol. The van der Waals surface area contributed by atoms with Gasteiger partial charge in [0.05, 0.1) is 26.3 Å². The Labute approximate surface area is 114 Å². The summed E-state index contributed by atoms with van der Waals surface area (Å²) in [7, 11) is 1.74. The van der Waals surface area contributed by atoms with E-state index in [1.54, 1.807) is 7.11 Å². The molecular weight excluding hydrogens is 250 g/mol. The Morgan fingerprint density at radius 2 is 1.89 bits per heavy atom. The Morgan fingerprint density at radius 3 is 2.56 bits per heavy atom. The molecule has 0 spiro atoms. The van der Waals surface area contributed by atoms with Crippen LogP contribution >= 0.6 is 11.6 Å². The second-order valence-electron chi connectivity index (χ2n) is 4.32. The van der Waals surface area contributed by atoms with E-state index in [9.17, 15) is 0 Å². The van der Waals surface area contributed by atoms with Gasteiger partial charge in [-0.05, 0) is 30.7 Å². The number of hydrogen-bond acceptors (Lipinski definition) is 2. The average Bonchev–Trinajstić information content (AvgIpc) is 2.35. The fraction of sp³-hybridized carbons (Fsp3) is 0.571. The van der Waals surface area contributed by atoms with Crippen LogP contribution in [0.4, 0.5) is 0 Å². The number of aryl methyl sites for hydroxylation is 1. The van der Waals surface area contributed by atoms with Gasteiger partial charge in [-0.15, -0.1) is 0 Å². The molecule has 0 aliphatic carbocycles. The van der Waals surface area contributed by atoms with E-state index in [-0.39, 0.29) is 0 Å². The van der Waals surface area contributed by atoms with Gasteiger partial charge in [0, 0.05) is 25.0 Å². The third-order valence-corrected chi connectivity index (χ3v) is 2.94. The van der Waals surface area contributed by atoms with Gasteiger partial charge in [0.15, 0.2) is 0 Å². The summed E-state index contributed by atoms with van der Waals surface area (Å²) in [6, 6.07) is 5.72. The van der Waals surface area contributed by atoms with Gasteiger partial charge in [-0.1, -0.05) is 11.6 Å². The van der Waals surface area contributed by atoms with Gasteiger partial charge in [0.2, 0.25) is 0 Å². The first-order valence-corrected chi connectivity index (χ1v) is 6.81. The lowest BCUT2D eigenvalue weighted by atomic mass is 10.2. The van der Waals surface area contributed by atoms with Gasteiger partial charge < -0.3 is 14.8 Å². The number of halogens is 1. The zero-order valence-electron chi connectivity index (χ0n) is 11.2. The van der Waals surface area contributed by atoms with Crippen molar-refractivity contribution in [2.45, 2.75) is 19.8 Å². The Morgan fingerprint density at radius 1 is 1.17 bits per heavy atom. The van der Waals surface area contributed by atoms with Gasteiger partial charge in [0.25, 0.3) is 0 Å². The predicted octanol–water partition coefficient (Wildman–Crippen LogP) is 2.02. The SMILES string of the molecule is COCCC[NH2+]CCCOc1ccc(Cl)cc1C. The molecule has 0 atom stereocenters. The minimum Gasteiger partial charge on any atom is -0.493 e. The minimum atomic E-state index is 0.753. The van der Waals surface area contributed by atoms with Crippen LogP contribution in [-0.4, -0.2) is 33.4 Å². The number of nitrogens with two attached hydrogens (primary N) is 1. The van der Waals surface area contributed by atoms with E-state index in [1.165, 1.54) is 0 Å².